The van der Waals surface area contributed by atoms with Gasteiger partial charge < -0.3 is 15.1 Å². The summed E-state index contributed by atoms with van der Waals surface area (Å²) in [4.78, 5) is 36.9. The highest BCUT2D eigenvalue weighted by Crippen LogP contribution is 2.30. The van der Waals surface area contributed by atoms with Gasteiger partial charge in [0.25, 0.3) is 5.91 Å². The number of rotatable bonds is 3. The average Bonchev–Trinajstić information content (AvgIpc) is 2.66. The van der Waals surface area contributed by atoms with Crippen molar-refractivity contribution in [2.45, 2.75) is 40.0 Å². The topological polar surface area (TPSA) is 78.4 Å². The van der Waals surface area contributed by atoms with Crippen LogP contribution in [0.3, 0.4) is 0 Å². The number of anilines is 2. The molecule has 7 heteroatoms. The van der Waals surface area contributed by atoms with E-state index in [1.54, 1.807) is 22.8 Å². The Morgan fingerprint density at radius 1 is 1.00 bits per heavy atom. The lowest BCUT2D eigenvalue weighted by Crippen LogP contribution is -2.50. The van der Waals surface area contributed by atoms with Crippen LogP contribution in [0, 0.1) is 6.92 Å². The molecule has 3 rings (SSSR count). The molecule has 1 saturated heterocycles. The first-order valence-electron chi connectivity index (χ1n) is 9.92. The molecule has 29 heavy (non-hydrogen) atoms. The number of aryl methyl sites for hydroxylation is 1. The number of amides is 2. The number of hydrogen-bond acceptors (Lipinski definition) is 5. The van der Waals surface area contributed by atoms with Crippen LogP contribution >= 0.6 is 0 Å². The fourth-order valence-electron chi connectivity index (χ4n) is 3.49. The van der Waals surface area contributed by atoms with Crippen LogP contribution in [0.4, 0.5) is 11.6 Å². The Morgan fingerprint density at radius 2 is 1.62 bits per heavy atom. The molecule has 0 atom stereocenters. The van der Waals surface area contributed by atoms with Gasteiger partial charge >= 0.3 is 0 Å². The third-order valence-electron chi connectivity index (χ3n) is 5.07. The van der Waals surface area contributed by atoms with Crippen molar-refractivity contribution >= 4 is 23.5 Å². The molecule has 0 unspecified atom stereocenters. The maximum Gasteiger partial charge on any atom is 0.272 e. The highest BCUT2D eigenvalue weighted by Gasteiger charge is 2.25. The van der Waals surface area contributed by atoms with Gasteiger partial charge in [-0.25, -0.2) is 9.97 Å². The quantitative estimate of drug-likeness (QED) is 0.864. The molecule has 1 aromatic carbocycles. The molecule has 2 aromatic rings. The van der Waals surface area contributed by atoms with E-state index in [9.17, 15) is 9.59 Å². The predicted molar refractivity (Wildman–Crippen MR) is 113 cm³/mol. The van der Waals surface area contributed by atoms with E-state index < -0.39 is 0 Å². The minimum absolute atomic E-state index is 0.0392. The van der Waals surface area contributed by atoms with E-state index >= 15 is 0 Å². The Bertz CT molecular complexity index is 912. The molecule has 154 valence electrons. The number of nitrogens with zero attached hydrogens (tertiary/aromatic N) is 4. The summed E-state index contributed by atoms with van der Waals surface area (Å²) in [6.07, 6.45) is 0. The molecule has 0 saturated carbocycles. The molecule has 0 bridgehead atoms. The molecule has 2 amide bonds. The summed E-state index contributed by atoms with van der Waals surface area (Å²) in [6.45, 7) is 12.0. The number of piperazine rings is 1. The first kappa shape index (κ1) is 20.8. The lowest BCUT2D eigenvalue weighted by atomic mass is 9.86. The second-order valence-corrected chi connectivity index (χ2v) is 8.44. The SMILES string of the molecule is CC(=O)N1CCN(C(=O)c2cc(C)nc(Nc3ccccc3C(C)(C)C)n2)CC1. The van der Waals surface area contributed by atoms with Crippen molar-refractivity contribution in [1.29, 1.82) is 0 Å². The molecule has 1 aliphatic heterocycles. The van der Waals surface area contributed by atoms with E-state index in [0.29, 0.717) is 37.8 Å². The number of hydrogen-bond donors (Lipinski definition) is 1. The fourth-order valence-corrected chi connectivity index (χ4v) is 3.49. The Morgan fingerprint density at radius 3 is 2.24 bits per heavy atom. The van der Waals surface area contributed by atoms with E-state index in [1.165, 1.54) is 0 Å². The lowest BCUT2D eigenvalue weighted by Gasteiger charge is -2.34. The average molecular weight is 396 g/mol. The van der Waals surface area contributed by atoms with Crippen LogP contribution < -0.4 is 5.32 Å². The third kappa shape index (κ3) is 4.91. The summed E-state index contributed by atoms with van der Waals surface area (Å²) in [5, 5.41) is 3.29. The van der Waals surface area contributed by atoms with Gasteiger partial charge in [-0.05, 0) is 30.0 Å². The second kappa shape index (κ2) is 8.19. The minimum atomic E-state index is -0.133. The van der Waals surface area contributed by atoms with Gasteiger partial charge in [0.15, 0.2) is 0 Å². The molecular formula is C22H29N5O2. The summed E-state index contributed by atoms with van der Waals surface area (Å²) >= 11 is 0. The summed E-state index contributed by atoms with van der Waals surface area (Å²) < 4.78 is 0. The Labute approximate surface area is 172 Å². The highest BCUT2D eigenvalue weighted by atomic mass is 16.2. The Balaban J connectivity index is 1.81. The van der Waals surface area contributed by atoms with Crippen LogP contribution in [0.25, 0.3) is 0 Å². The van der Waals surface area contributed by atoms with Crippen molar-refractivity contribution in [2.24, 2.45) is 0 Å². The molecule has 2 heterocycles. The number of para-hydroxylation sites is 1. The monoisotopic (exact) mass is 395 g/mol. The maximum absolute atomic E-state index is 13.0. The van der Waals surface area contributed by atoms with Crippen LogP contribution in [-0.2, 0) is 10.2 Å². The largest absolute Gasteiger partial charge is 0.339 e. The van der Waals surface area contributed by atoms with Gasteiger partial charge in [-0.15, -0.1) is 0 Å². The van der Waals surface area contributed by atoms with Gasteiger partial charge in [-0.3, -0.25) is 9.59 Å². The third-order valence-corrected chi connectivity index (χ3v) is 5.07. The van der Waals surface area contributed by atoms with Gasteiger partial charge in [-0.1, -0.05) is 39.0 Å². The van der Waals surface area contributed by atoms with Gasteiger partial charge in [0.1, 0.15) is 5.69 Å². The normalized spacial score (nSPS) is 14.7. The first-order valence-corrected chi connectivity index (χ1v) is 9.92. The zero-order valence-electron chi connectivity index (χ0n) is 17.8. The van der Waals surface area contributed by atoms with E-state index in [2.05, 4.69) is 42.1 Å². The standard InChI is InChI=1S/C22H29N5O2/c1-15-14-19(20(29)27-12-10-26(11-13-27)16(2)28)25-21(23-15)24-18-9-7-6-8-17(18)22(3,4)5/h6-9,14H,10-13H2,1-5H3,(H,23,24,25). The van der Waals surface area contributed by atoms with Crippen LogP contribution in [0.2, 0.25) is 0 Å². The summed E-state index contributed by atoms with van der Waals surface area (Å²) in [5.74, 6) is 0.317. The van der Waals surface area contributed by atoms with Crippen molar-refractivity contribution in [2.75, 3.05) is 31.5 Å². The molecule has 7 nitrogen and oxygen atoms in total. The minimum Gasteiger partial charge on any atom is -0.339 e. The number of benzene rings is 1. The first-order chi connectivity index (χ1) is 13.6. The molecule has 1 aromatic heterocycles. The smallest absolute Gasteiger partial charge is 0.272 e. The van der Waals surface area contributed by atoms with Gasteiger partial charge in [0.05, 0.1) is 0 Å². The number of carbonyl (C=O) groups excluding carboxylic acids is 2. The lowest BCUT2D eigenvalue weighted by molar-refractivity contribution is -0.130. The Kier molecular flexibility index (Phi) is 5.86. The van der Waals surface area contributed by atoms with E-state index in [1.807, 2.05) is 25.1 Å². The zero-order chi connectivity index (χ0) is 21.2. The highest BCUT2D eigenvalue weighted by molar-refractivity contribution is 5.93. The van der Waals surface area contributed by atoms with Crippen molar-refractivity contribution in [1.82, 2.24) is 19.8 Å². The Hall–Kier alpha value is -2.96. The van der Waals surface area contributed by atoms with Gasteiger partial charge in [0.2, 0.25) is 11.9 Å². The molecule has 1 aliphatic rings. The molecule has 0 aliphatic carbocycles. The molecular weight excluding hydrogens is 366 g/mol. The van der Waals surface area contributed by atoms with Gasteiger partial charge in [0, 0.05) is 44.5 Å². The van der Waals surface area contributed by atoms with Crippen molar-refractivity contribution in [3.63, 3.8) is 0 Å². The maximum atomic E-state index is 13.0. The summed E-state index contributed by atoms with van der Waals surface area (Å²) in [7, 11) is 0. The fraction of sp³-hybridized carbons (Fsp3) is 0.455. The number of carbonyl (C=O) groups is 2. The molecule has 1 N–H and O–H groups in total. The predicted octanol–water partition coefficient (Wildman–Crippen LogP) is 3.13. The van der Waals surface area contributed by atoms with E-state index in [0.717, 1.165) is 16.9 Å². The van der Waals surface area contributed by atoms with Crippen molar-refractivity contribution in [3.8, 4) is 0 Å². The number of aromatic nitrogens is 2. The van der Waals surface area contributed by atoms with E-state index in [4.69, 9.17) is 0 Å². The second-order valence-electron chi connectivity index (χ2n) is 8.44. The van der Waals surface area contributed by atoms with Crippen LogP contribution in [0.5, 0.6) is 0 Å². The van der Waals surface area contributed by atoms with E-state index in [-0.39, 0.29) is 17.2 Å². The van der Waals surface area contributed by atoms with Crippen molar-refractivity contribution < 1.29 is 9.59 Å². The van der Waals surface area contributed by atoms with Crippen molar-refractivity contribution in [3.05, 3.63) is 47.3 Å². The zero-order valence-corrected chi connectivity index (χ0v) is 17.8. The summed E-state index contributed by atoms with van der Waals surface area (Å²) in [6, 6.07) is 9.76. The molecule has 1 fully saturated rings. The van der Waals surface area contributed by atoms with Gasteiger partial charge in [-0.2, -0.15) is 0 Å². The van der Waals surface area contributed by atoms with Crippen LogP contribution in [-0.4, -0.2) is 57.8 Å². The van der Waals surface area contributed by atoms with Crippen LogP contribution in [0.15, 0.2) is 30.3 Å². The molecule has 0 spiro atoms. The number of nitrogens with one attached hydrogen (secondary N) is 1. The molecule has 0 radical (unpaired) electrons. The summed E-state index contributed by atoms with van der Waals surface area (Å²) in [5.41, 5.74) is 3.13. The van der Waals surface area contributed by atoms with Crippen LogP contribution in [0.1, 0.15) is 49.4 Å².